The molecule has 17 heavy (non-hydrogen) atoms. The van der Waals surface area contributed by atoms with Crippen molar-refractivity contribution in [1.29, 1.82) is 0 Å². The number of likely N-dealkylation sites (tertiary alicyclic amines) is 1. The second-order valence-electron chi connectivity index (χ2n) is 6.28. The lowest BCUT2D eigenvalue weighted by Gasteiger charge is -2.44. The highest BCUT2D eigenvalue weighted by atomic mass is 16.3. The molecule has 1 heterocycles. The van der Waals surface area contributed by atoms with E-state index in [-0.39, 0.29) is 6.10 Å². The van der Waals surface area contributed by atoms with Gasteiger partial charge in [0.2, 0.25) is 0 Å². The van der Waals surface area contributed by atoms with Crippen LogP contribution in [0.15, 0.2) is 0 Å². The Labute approximate surface area is 106 Å². The molecule has 1 N–H and O–H groups in total. The zero-order chi connectivity index (χ0) is 12.4. The third kappa shape index (κ3) is 3.21. The van der Waals surface area contributed by atoms with Crippen LogP contribution < -0.4 is 0 Å². The second kappa shape index (κ2) is 5.68. The van der Waals surface area contributed by atoms with Crippen molar-refractivity contribution in [2.24, 2.45) is 5.92 Å². The fraction of sp³-hybridized carbons (Fsp3) is 1.00. The smallest absolute Gasteiger partial charge is 0.0695 e. The van der Waals surface area contributed by atoms with E-state index in [1.165, 1.54) is 25.7 Å². The molecular formula is C14H28N2O. The first-order valence-corrected chi connectivity index (χ1v) is 7.16. The number of piperidine rings is 1. The Bertz CT molecular complexity index is 236. The number of hydrogen-bond donors (Lipinski definition) is 1. The Hall–Kier alpha value is -0.120. The van der Waals surface area contributed by atoms with Crippen LogP contribution in [0.5, 0.6) is 0 Å². The minimum absolute atomic E-state index is 0.0814. The first-order chi connectivity index (χ1) is 8.08. The van der Waals surface area contributed by atoms with E-state index in [4.69, 9.17) is 0 Å². The molecule has 2 rings (SSSR count). The molecule has 1 aliphatic heterocycles. The molecule has 3 heteroatoms. The molecule has 3 nitrogen and oxygen atoms in total. The van der Waals surface area contributed by atoms with Gasteiger partial charge >= 0.3 is 0 Å². The van der Waals surface area contributed by atoms with Crippen LogP contribution in [0.4, 0.5) is 0 Å². The minimum Gasteiger partial charge on any atom is -0.391 e. The van der Waals surface area contributed by atoms with Crippen molar-refractivity contribution in [2.45, 2.75) is 57.2 Å². The Morgan fingerprint density at radius 1 is 1.06 bits per heavy atom. The predicted molar refractivity (Wildman–Crippen MR) is 71.1 cm³/mol. The first-order valence-electron chi connectivity index (χ1n) is 7.16. The van der Waals surface area contributed by atoms with Gasteiger partial charge in [-0.25, -0.2) is 0 Å². The molecule has 0 aromatic heterocycles. The standard InChI is InChI=1S/C14H28N2O/c1-11-4-5-14(17)13(10-11)16-8-6-12(7-9-16)15(2)3/h11-14,17H,4-10H2,1-3H3. The van der Waals surface area contributed by atoms with E-state index in [9.17, 15) is 5.11 Å². The number of aliphatic hydroxyl groups excluding tert-OH is 1. The van der Waals surface area contributed by atoms with Gasteiger partial charge in [-0.15, -0.1) is 0 Å². The highest BCUT2D eigenvalue weighted by Crippen LogP contribution is 2.29. The van der Waals surface area contributed by atoms with Crippen LogP contribution in [0.3, 0.4) is 0 Å². The molecule has 1 saturated heterocycles. The van der Waals surface area contributed by atoms with E-state index in [0.717, 1.165) is 31.5 Å². The monoisotopic (exact) mass is 240 g/mol. The van der Waals surface area contributed by atoms with Gasteiger partial charge in [-0.1, -0.05) is 6.92 Å². The lowest BCUT2D eigenvalue weighted by Crippen LogP contribution is -2.52. The van der Waals surface area contributed by atoms with Crippen molar-refractivity contribution in [3.63, 3.8) is 0 Å². The van der Waals surface area contributed by atoms with E-state index in [1.54, 1.807) is 0 Å². The van der Waals surface area contributed by atoms with Crippen molar-refractivity contribution in [2.75, 3.05) is 27.2 Å². The van der Waals surface area contributed by atoms with E-state index < -0.39 is 0 Å². The summed E-state index contributed by atoms with van der Waals surface area (Å²) in [6.07, 6.45) is 5.82. The summed E-state index contributed by atoms with van der Waals surface area (Å²) in [6, 6.07) is 1.17. The molecule has 1 aliphatic carbocycles. The summed E-state index contributed by atoms with van der Waals surface area (Å²) in [6.45, 7) is 4.65. The third-order valence-electron chi connectivity index (χ3n) is 4.74. The molecule has 2 fully saturated rings. The molecule has 3 atom stereocenters. The summed E-state index contributed by atoms with van der Waals surface area (Å²) in [5, 5.41) is 10.2. The number of aliphatic hydroxyl groups is 1. The molecule has 0 amide bonds. The minimum atomic E-state index is -0.0814. The van der Waals surface area contributed by atoms with Crippen molar-refractivity contribution < 1.29 is 5.11 Å². The highest BCUT2D eigenvalue weighted by Gasteiger charge is 2.33. The van der Waals surface area contributed by atoms with E-state index in [2.05, 4.69) is 30.8 Å². The maximum absolute atomic E-state index is 10.2. The van der Waals surface area contributed by atoms with Gasteiger partial charge in [0.25, 0.3) is 0 Å². The van der Waals surface area contributed by atoms with Crippen LogP contribution in [-0.4, -0.2) is 60.3 Å². The largest absolute Gasteiger partial charge is 0.391 e. The molecule has 2 aliphatic rings. The zero-order valence-corrected chi connectivity index (χ0v) is 11.6. The predicted octanol–water partition coefficient (Wildman–Crippen LogP) is 1.56. The average molecular weight is 240 g/mol. The summed E-state index contributed by atoms with van der Waals surface area (Å²) < 4.78 is 0. The van der Waals surface area contributed by atoms with Gasteiger partial charge in [-0.05, 0) is 52.1 Å². The fourth-order valence-electron chi connectivity index (χ4n) is 3.46. The molecule has 0 spiro atoms. The third-order valence-corrected chi connectivity index (χ3v) is 4.74. The zero-order valence-electron chi connectivity index (χ0n) is 11.6. The summed E-state index contributed by atoms with van der Waals surface area (Å²) >= 11 is 0. The Morgan fingerprint density at radius 2 is 1.71 bits per heavy atom. The van der Waals surface area contributed by atoms with Crippen LogP contribution in [-0.2, 0) is 0 Å². The maximum Gasteiger partial charge on any atom is 0.0695 e. The molecule has 100 valence electrons. The van der Waals surface area contributed by atoms with Crippen LogP contribution in [0.1, 0.15) is 39.0 Å². The summed E-state index contributed by atoms with van der Waals surface area (Å²) in [5.41, 5.74) is 0. The molecule has 0 bridgehead atoms. The van der Waals surface area contributed by atoms with Gasteiger partial charge in [0.05, 0.1) is 6.10 Å². The van der Waals surface area contributed by atoms with E-state index >= 15 is 0 Å². The van der Waals surface area contributed by atoms with Crippen molar-refractivity contribution >= 4 is 0 Å². The normalized spacial score (nSPS) is 37.6. The summed E-state index contributed by atoms with van der Waals surface area (Å²) in [7, 11) is 4.36. The quantitative estimate of drug-likeness (QED) is 0.793. The van der Waals surface area contributed by atoms with E-state index in [0.29, 0.717) is 6.04 Å². The molecule has 0 radical (unpaired) electrons. The maximum atomic E-state index is 10.2. The molecule has 0 aromatic rings. The van der Waals surface area contributed by atoms with Gasteiger partial charge in [-0.2, -0.15) is 0 Å². The molecule has 3 unspecified atom stereocenters. The highest BCUT2D eigenvalue weighted by molar-refractivity contribution is 4.89. The van der Waals surface area contributed by atoms with Crippen molar-refractivity contribution in [1.82, 2.24) is 9.80 Å². The second-order valence-corrected chi connectivity index (χ2v) is 6.28. The van der Waals surface area contributed by atoms with Crippen LogP contribution in [0, 0.1) is 5.92 Å². The van der Waals surface area contributed by atoms with Gasteiger partial charge in [0.1, 0.15) is 0 Å². The Morgan fingerprint density at radius 3 is 2.29 bits per heavy atom. The van der Waals surface area contributed by atoms with Gasteiger partial charge in [0, 0.05) is 25.2 Å². The molecule has 1 saturated carbocycles. The molecule has 0 aromatic carbocycles. The number of nitrogens with zero attached hydrogens (tertiary/aromatic N) is 2. The Kier molecular flexibility index (Phi) is 4.45. The average Bonchev–Trinajstić information content (AvgIpc) is 2.32. The van der Waals surface area contributed by atoms with Crippen molar-refractivity contribution in [3.05, 3.63) is 0 Å². The van der Waals surface area contributed by atoms with Crippen LogP contribution in [0.2, 0.25) is 0 Å². The number of hydrogen-bond acceptors (Lipinski definition) is 3. The van der Waals surface area contributed by atoms with E-state index in [1.807, 2.05) is 0 Å². The fourth-order valence-corrected chi connectivity index (χ4v) is 3.46. The summed E-state index contributed by atoms with van der Waals surface area (Å²) in [5.74, 6) is 0.787. The van der Waals surface area contributed by atoms with Crippen LogP contribution in [0.25, 0.3) is 0 Å². The number of rotatable bonds is 2. The van der Waals surface area contributed by atoms with Crippen molar-refractivity contribution in [3.8, 4) is 0 Å². The SMILES string of the molecule is CC1CCC(O)C(N2CCC(N(C)C)CC2)C1. The Balaban J connectivity index is 1.87. The summed E-state index contributed by atoms with van der Waals surface area (Å²) in [4.78, 5) is 4.89. The molecular weight excluding hydrogens is 212 g/mol. The van der Waals surface area contributed by atoms with Crippen LogP contribution >= 0.6 is 0 Å². The van der Waals surface area contributed by atoms with Gasteiger partial charge < -0.3 is 10.0 Å². The first kappa shape index (κ1) is 13.3. The van der Waals surface area contributed by atoms with Gasteiger partial charge in [-0.3, -0.25) is 4.90 Å². The topological polar surface area (TPSA) is 26.7 Å². The van der Waals surface area contributed by atoms with Gasteiger partial charge in [0.15, 0.2) is 0 Å². The lowest BCUT2D eigenvalue weighted by atomic mass is 9.83. The lowest BCUT2D eigenvalue weighted by molar-refractivity contribution is -0.0111.